The lowest BCUT2D eigenvalue weighted by atomic mass is 9.90. The van der Waals surface area contributed by atoms with Crippen LogP contribution in [0.1, 0.15) is 67.3 Å². The van der Waals surface area contributed by atoms with E-state index in [4.69, 9.17) is 23.2 Å². The lowest BCUT2D eigenvalue weighted by Crippen LogP contribution is -2.31. The van der Waals surface area contributed by atoms with Crippen LogP contribution in [0.3, 0.4) is 0 Å². The number of nitrogens with one attached hydrogen (secondary N) is 1. The lowest BCUT2D eigenvalue weighted by Gasteiger charge is -2.31. The van der Waals surface area contributed by atoms with Crippen LogP contribution in [0.15, 0.2) is 72.4 Å². The van der Waals surface area contributed by atoms with Crippen molar-refractivity contribution in [1.82, 2.24) is 9.88 Å². The Kier molecular flexibility index (Phi) is 10.1. The number of piperidine rings is 1. The SMILES string of the molecule is CCC/C(=C1\CCCN(Cc2cc(Cl)ccc2Cl)C1)c1ccc2[nH]ccc2c1.CCc1cccc(C)c1C. The standard InChI is InChI=1S/C24H26Cl2N2.C10H14/c1-2-4-22(17-6-9-24-18(13-17)10-11-27-24)19-5-3-12-28(15-19)16-20-14-21(25)7-8-23(20)26;1-4-10-7-5-6-8(2)9(10)3/h6-11,13-14,27H,2-5,12,15-16H2,1H3;5-7H,4H2,1-3H3/b22-19-;. The summed E-state index contributed by atoms with van der Waals surface area (Å²) in [6, 6.07) is 21.2. The first-order chi connectivity index (χ1) is 18.4. The number of hydrogen-bond acceptors (Lipinski definition) is 1. The van der Waals surface area contributed by atoms with Gasteiger partial charge in [0.1, 0.15) is 0 Å². The summed E-state index contributed by atoms with van der Waals surface area (Å²) >= 11 is 12.6. The van der Waals surface area contributed by atoms with E-state index in [0.717, 1.165) is 54.5 Å². The third kappa shape index (κ3) is 7.11. The van der Waals surface area contributed by atoms with E-state index in [2.05, 4.69) is 80.0 Å². The Hall–Kier alpha value is -2.52. The molecule has 1 N–H and O–H groups in total. The molecule has 0 bridgehead atoms. The van der Waals surface area contributed by atoms with Gasteiger partial charge in [0, 0.05) is 34.8 Å². The van der Waals surface area contributed by atoms with E-state index in [1.54, 1.807) is 5.57 Å². The predicted octanol–water partition coefficient (Wildman–Crippen LogP) is 10.2. The van der Waals surface area contributed by atoms with Gasteiger partial charge in [-0.2, -0.15) is 0 Å². The van der Waals surface area contributed by atoms with Gasteiger partial charge in [-0.25, -0.2) is 0 Å². The van der Waals surface area contributed by atoms with Crippen LogP contribution in [0, 0.1) is 13.8 Å². The number of nitrogens with zero attached hydrogens (tertiary/aromatic N) is 1. The van der Waals surface area contributed by atoms with Gasteiger partial charge in [0.15, 0.2) is 0 Å². The summed E-state index contributed by atoms with van der Waals surface area (Å²) in [5.74, 6) is 0. The summed E-state index contributed by atoms with van der Waals surface area (Å²) in [5.41, 5.74) is 11.1. The molecule has 2 nitrogen and oxygen atoms in total. The number of aryl methyl sites for hydroxylation is 2. The molecule has 0 saturated carbocycles. The second-order valence-electron chi connectivity index (χ2n) is 10.4. The molecule has 0 unspecified atom stereocenters. The summed E-state index contributed by atoms with van der Waals surface area (Å²) in [4.78, 5) is 5.79. The summed E-state index contributed by atoms with van der Waals surface area (Å²) in [6.45, 7) is 11.8. The Bertz CT molecular complexity index is 1400. The highest BCUT2D eigenvalue weighted by atomic mass is 35.5. The minimum atomic E-state index is 0.749. The smallest absolute Gasteiger partial charge is 0.0454 e. The monoisotopic (exact) mass is 546 g/mol. The van der Waals surface area contributed by atoms with Gasteiger partial charge in [-0.05, 0) is 121 Å². The van der Waals surface area contributed by atoms with Crippen molar-refractivity contribution in [2.45, 2.75) is 66.3 Å². The van der Waals surface area contributed by atoms with E-state index in [1.807, 2.05) is 24.4 Å². The molecular weight excluding hydrogens is 507 g/mol. The van der Waals surface area contributed by atoms with Gasteiger partial charge >= 0.3 is 0 Å². The average molecular weight is 548 g/mol. The summed E-state index contributed by atoms with van der Waals surface area (Å²) in [5, 5.41) is 2.83. The first-order valence-electron chi connectivity index (χ1n) is 13.9. The van der Waals surface area contributed by atoms with Crippen LogP contribution in [0.5, 0.6) is 0 Å². The van der Waals surface area contributed by atoms with Crippen LogP contribution >= 0.6 is 23.2 Å². The molecule has 1 fully saturated rings. The van der Waals surface area contributed by atoms with Crippen molar-refractivity contribution < 1.29 is 0 Å². The number of fused-ring (bicyclic) bond motifs is 1. The minimum Gasteiger partial charge on any atom is -0.361 e. The maximum absolute atomic E-state index is 6.40. The summed E-state index contributed by atoms with van der Waals surface area (Å²) in [6.07, 6.45) is 7.81. The van der Waals surface area contributed by atoms with Crippen molar-refractivity contribution in [3.8, 4) is 0 Å². The molecule has 3 aromatic carbocycles. The van der Waals surface area contributed by atoms with E-state index in [0.29, 0.717) is 0 Å². The number of aromatic nitrogens is 1. The highest BCUT2D eigenvalue weighted by Gasteiger charge is 2.19. The van der Waals surface area contributed by atoms with Crippen LogP contribution in [0.25, 0.3) is 16.5 Å². The molecule has 4 heteroatoms. The Balaban J connectivity index is 0.000000283. The second kappa shape index (κ2) is 13.5. The number of hydrogen-bond donors (Lipinski definition) is 1. The zero-order valence-corrected chi connectivity index (χ0v) is 24.7. The zero-order valence-electron chi connectivity index (χ0n) is 23.2. The van der Waals surface area contributed by atoms with Crippen LogP contribution < -0.4 is 0 Å². The number of allylic oxidation sites excluding steroid dienone is 1. The number of likely N-dealkylation sites (tertiary alicyclic amines) is 1. The molecule has 38 heavy (non-hydrogen) atoms. The van der Waals surface area contributed by atoms with E-state index in [9.17, 15) is 0 Å². The zero-order chi connectivity index (χ0) is 27.1. The fourth-order valence-electron chi connectivity index (χ4n) is 5.44. The average Bonchev–Trinajstić information content (AvgIpc) is 3.39. The highest BCUT2D eigenvalue weighted by molar-refractivity contribution is 6.33. The number of aromatic amines is 1. The fraction of sp³-hybridized carbons (Fsp3) is 0.353. The van der Waals surface area contributed by atoms with Crippen LogP contribution in [0.2, 0.25) is 10.0 Å². The molecule has 0 amide bonds. The van der Waals surface area contributed by atoms with E-state index in [1.165, 1.54) is 51.6 Å². The van der Waals surface area contributed by atoms with Gasteiger partial charge in [0.2, 0.25) is 0 Å². The molecule has 1 aliphatic heterocycles. The van der Waals surface area contributed by atoms with Gasteiger partial charge in [0.25, 0.3) is 0 Å². The maximum Gasteiger partial charge on any atom is 0.0454 e. The Morgan fingerprint density at radius 3 is 2.55 bits per heavy atom. The largest absolute Gasteiger partial charge is 0.361 e. The van der Waals surface area contributed by atoms with Crippen LogP contribution in [-0.2, 0) is 13.0 Å². The normalized spacial score (nSPS) is 15.3. The second-order valence-corrected chi connectivity index (χ2v) is 11.2. The summed E-state index contributed by atoms with van der Waals surface area (Å²) in [7, 11) is 0. The topological polar surface area (TPSA) is 19.0 Å². The summed E-state index contributed by atoms with van der Waals surface area (Å²) < 4.78 is 0. The van der Waals surface area contributed by atoms with Crippen LogP contribution in [-0.4, -0.2) is 23.0 Å². The molecular formula is C34H40Cl2N2. The molecule has 0 atom stereocenters. The van der Waals surface area contributed by atoms with Gasteiger partial charge in [-0.15, -0.1) is 0 Å². The maximum atomic E-state index is 6.40. The molecule has 4 aromatic rings. The quantitative estimate of drug-likeness (QED) is 0.254. The molecule has 2 heterocycles. The van der Waals surface area contributed by atoms with E-state index < -0.39 is 0 Å². The number of halogens is 2. The van der Waals surface area contributed by atoms with Gasteiger partial charge in [-0.3, -0.25) is 4.90 Å². The Morgan fingerprint density at radius 2 is 1.79 bits per heavy atom. The van der Waals surface area contributed by atoms with E-state index >= 15 is 0 Å². The van der Waals surface area contributed by atoms with Gasteiger partial charge < -0.3 is 4.98 Å². The third-order valence-electron chi connectivity index (χ3n) is 7.70. The molecule has 0 radical (unpaired) electrons. The number of H-pyrrole nitrogens is 1. The fourth-order valence-corrected chi connectivity index (χ4v) is 5.81. The highest BCUT2D eigenvalue weighted by Crippen LogP contribution is 2.32. The van der Waals surface area contributed by atoms with Gasteiger partial charge in [-0.1, -0.05) is 73.3 Å². The van der Waals surface area contributed by atoms with Crippen molar-refractivity contribution in [2.75, 3.05) is 13.1 Å². The van der Waals surface area contributed by atoms with Crippen molar-refractivity contribution in [3.05, 3.63) is 110 Å². The number of rotatable bonds is 6. The predicted molar refractivity (Wildman–Crippen MR) is 166 cm³/mol. The minimum absolute atomic E-state index is 0.749. The lowest BCUT2D eigenvalue weighted by molar-refractivity contribution is 0.258. The molecule has 1 aliphatic rings. The first-order valence-corrected chi connectivity index (χ1v) is 14.6. The van der Waals surface area contributed by atoms with Crippen molar-refractivity contribution in [1.29, 1.82) is 0 Å². The van der Waals surface area contributed by atoms with Crippen LogP contribution in [0.4, 0.5) is 0 Å². The molecule has 0 aliphatic carbocycles. The van der Waals surface area contributed by atoms with E-state index in [-0.39, 0.29) is 0 Å². The number of benzene rings is 3. The molecule has 5 rings (SSSR count). The van der Waals surface area contributed by atoms with Crippen molar-refractivity contribution in [2.24, 2.45) is 0 Å². The molecule has 200 valence electrons. The van der Waals surface area contributed by atoms with Crippen molar-refractivity contribution in [3.63, 3.8) is 0 Å². The molecule has 0 spiro atoms. The van der Waals surface area contributed by atoms with Gasteiger partial charge in [0.05, 0.1) is 0 Å². The Morgan fingerprint density at radius 1 is 0.947 bits per heavy atom. The first kappa shape index (κ1) is 28.5. The molecule has 1 saturated heterocycles. The Labute approximate surface area is 238 Å². The third-order valence-corrected chi connectivity index (χ3v) is 8.30. The van der Waals surface area contributed by atoms with Crippen molar-refractivity contribution >= 4 is 39.7 Å². The molecule has 1 aromatic heterocycles.